The molecule has 0 radical (unpaired) electrons. The molecule has 2 aromatic carbocycles. The molecule has 5 heteroatoms. The normalized spacial score (nSPS) is 11.5. The quantitative estimate of drug-likeness (QED) is 0.660. The summed E-state index contributed by atoms with van der Waals surface area (Å²) in [4.78, 5) is 12.4. The van der Waals surface area contributed by atoms with E-state index in [0.29, 0.717) is 16.8 Å². The number of nitrogens with zero attached hydrogens (tertiary/aromatic N) is 1. The second kappa shape index (κ2) is 6.33. The van der Waals surface area contributed by atoms with Crippen LogP contribution in [0.15, 0.2) is 65.7 Å². The lowest BCUT2D eigenvalue weighted by Gasteiger charge is -2.08. The standard InChI is InChI=1S/C20H19NO3S/c1-14-9-11-18(12-10-14)25(23,24)21-13-19(17-7-5-4-6-8-17)20(15(21)2)16(3)22/h4-13H,1-3H3. The SMILES string of the molecule is CC(=O)c1c(-c2ccccc2)cn(S(=O)(=O)c2ccc(C)cc2)c1C. The van der Waals surface area contributed by atoms with E-state index in [1.165, 1.54) is 17.1 Å². The summed E-state index contributed by atoms with van der Waals surface area (Å²) in [5.74, 6) is -0.158. The lowest BCUT2D eigenvalue weighted by atomic mass is 10.0. The Labute approximate surface area is 147 Å². The number of hydrogen-bond acceptors (Lipinski definition) is 3. The topological polar surface area (TPSA) is 56.1 Å². The molecule has 4 nitrogen and oxygen atoms in total. The highest BCUT2D eigenvalue weighted by molar-refractivity contribution is 7.90. The third-order valence-corrected chi connectivity index (χ3v) is 5.99. The molecule has 25 heavy (non-hydrogen) atoms. The van der Waals surface area contributed by atoms with Gasteiger partial charge in [0, 0.05) is 23.0 Å². The van der Waals surface area contributed by atoms with Crippen molar-refractivity contribution in [2.24, 2.45) is 0 Å². The summed E-state index contributed by atoms with van der Waals surface area (Å²) in [5.41, 5.74) is 3.28. The summed E-state index contributed by atoms with van der Waals surface area (Å²) < 4.78 is 27.3. The van der Waals surface area contributed by atoms with Crippen molar-refractivity contribution >= 4 is 15.8 Å². The van der Waals surface area contributed by atoms with Crippen LogP contribution in [0.2, 0.25) is 0 Å². The molecular weight excluding hydrogens is 334 g/mol. The molecule has 0 N–H and O–H groups in total. The predicted octanol–water partition coefficient (Wildman–Crippen LogP) is 4.21. The summed E-state index contributed by atoms with van der Waals surface area (Å²) in [5, 5.41) is 0. The molecule has 0 atom stereocenters. The molecule has 0 fully saturated rings. The van der Waals surface area contributed by atoms with Gasteiger partial charge in [-0.15, -0.1) is 0 Å². The average Bonchev–Trinajstić information content (AvgIpc) is 2.94. The van der Waals surface area contributed by atoms with Crippen LogP contribution in [0, 0.1) is 13.8 Å². The number of aromatic nitrogens is 1. The first-order chi connectivity index (χ1) is 11.8. The van der Waals surface area contributed by atoms with Gasteiger partial charge in [0.05, 0.1) is 4.90 Å². The van der Waals surface area contributed by atoms with Crippen molar-refractivity contribution < 1.29 is 13.2 Å². The minimum absolute atomic E-state index is 0.158. The number of carbonyl (C=O) groups excluding carboxylic acids is 1. The lowest BCUT2D eigenvalue weighted by molar-refractivity contribution is 0.101. The molecule has 0 unspecified atom stereocenters. The number of carbonyl (C=O) groups is 1. The van der Waals surface area contributed by atoms with Gasteiger partial charge in [-0.1, -0.05) is 48.0 Å². The first kappa shape index (κ1) is 17.2. The van der Waals surface area contributed by atoms with Gasteiger partial charge < -0.3 is 0 Å². The maximum absolute atomic E-state index is 13.0. The zero-order valence-electron chi connectivity index (χ0n) is 14.4. The van der Waals surface area contributed by atoms with Crippen molar-refractivity contribution in [1.82, 2.24) is 3.97 Å². The van der Waals surface area contributed by atoms with Gasteiger partial charge in [0.2, 0.25) is 0 Å². The second-order valence-corrected chi connectivity index (χ2v) is 7.85. The monoisotopic (exact) mass is 353 g/mol. The number of hydrogen-bond donors (Lipinski definition) is 0. The summed E-state index contributed by atoms with van der Waals surface area (Å²) >= 11 is 0. The van der Waals surface area contributed by atoms with Crippen molar-refractivity contribution in [3.63, 3.8) is 0 Å². The molecular formula is C20H19NO3S. The number of ketones is 1. The molecule has 128 valence electrons. The number of Topliss-reactive ketones (excluding diaryl/α,β-unsaturated/α-hetero) is 1. The van der Waals surface area contributed by atoms with Crippen molar-refractivity contribution in [2.45, 2.75) is 25.7 Å². The summed E-state index contributed by atoms with van der Waals surface area (Å²) in [6, 6.07) is 16.0. The molecule has 0 aliphatic carbocycles. The fraction of sp³-hybridized carbons (Fsp3) is 0.150. The molecule has 1 heterocycles. The molecule has 3 aromatic rings. The maximum Gasteiger partial charge on any atom is 0.267 e. The third kappa shape index (κ3) is 3.03. The molecule has 1 aromatic heterocycles. The minimum atomic E-state index is -3.77. The molecule has 0 spiro atoms. The average molecular weight is 353 g/mol. The van der Waals surface area contributed by atoms with Crippen molar-refractivity contribution in [3.8, 4) is 11.1 Å². The largest absolute Gasteiger partial charge is 0.294 e. The lowest BCUT2D eigenvalue weighted by Crippen LogP contribution is -2.14. The van der Waals surface area contributed by atoms with E-state index in [1.807, 2.05) is 37.3 Å². The molecule has 0 saturated heterocycles. The van der Waals surface area contributed by atoms with Crippen LogP contribution in [0.25, 0.3) is 11.1 Å². The van der Waals surface area contributed by atoms with Crippen molar-refractivity contribution in [1.29, 1.82) is 0 Å². The van der Waals surface area contributed by atoms with Gasteiger partial charge in [0.1, 0.15) is 0 Å². The molecule has 0 aliphatic rings. The number of rotatable bonds is 4. The highest BCUT2D eigenvalue weighted by Gasteiger charge is 2.25. The molecule has 0 amide bonds. The fourth-order valence-electron chi connectivity index (χ4n) is 2.94. The Morgan fingerprint density at radius 1 is 0.920 bits per heavy atom. The summed E-state index contributed by atoms with van der Waals surface area (Å²) in [6.45, 7) is 5.02. The van der Waals surface area contributed by atoms with Gasteiger partial charge in [-0.3, -0.25) is 4.79 Å². The third-order valence-electron chi connectivity index (χ3n) is 4.22. The zero-order chi connectivity index (χ0) is 18.2. The van der Waals surface area contributed by atoms with Gasteiger partial charge in [0.25, 0.3) is 10.0 Å². The Kier molecular flexibility index (Phi) is 4.35. The summed E-state index contributed by atoms with van der Waals surface area (Å²) in [6.07, 6.45) is 1.54. The van der Waals surface area contributed by atoms with Crippen LogP contribution in [0.5, 0.6) is 0 Å². The Hall–Kier alpha value is -2.66. The highest BCUT2D eigenvalue weighted by atomic mass is 32.2. The van der Waals surface area contributed by atoms with Crippen LogP contribution in [-0.4, -0.2) is 18.2 Å². The van der Waals surface area contributed by atoms with E-state index in [-0.39, 0.29) is 10.7 Å². The number of aryl methyl sites for hydroxylation is 1. The van der Waals surface area contributed by atoms with Crippen LogP contribution in [0.3, 0.4) is 0 Å². The van der Waals surface area contributed by atoms with Gasteiger partial charge >= 0.3 is 0 Å². The molecule has 0 saturated carbocycles. The fourth-order valence-corrected chi connectivity index (χ4v) is 4.34. The zero-order valence-corrected chi connectivity index (χ0v) is 15.2. The van der Waals surface area contributed by atoms with E-state index in [2.05, 4.69) is 0 Å². The van der Waals surface area contributed by atoms with E-state index >= 15 is 0 Å². The highest BCUT2D eigenvalue weighted by Crippen LogP contribution is 2.31. The first-order valence-corrected chi connectivity index (χ1v) is 9.37. The minimum Gasteiger partial charge on any atom is -0.294 e. The first-order valence-electron chi connectivity index (χ1n) is 7.93. The number of benzene rings is 2. The summed E-state index contributed by atoms with van der Waals surface area (Å²) in [7, 11) is -3.77. The van der Waals surface area contributed by atoms with Crippen LogP contribution >= 0.6 is 0 Å². The van der Waals surface area contributed by atoms with Crippen LogP contribution in [-0.2, 0) is 10.0 Å². The molecule has 0 aliphatic heterocycles. The van der Waals surface area contributed by atoms with E-state index < -0.39 is 10.0 Å². The van der Waals surface area contributed by atoms with E-state index in [4.69, 9.17) is 0 Å². The van der Waals surface area contributed by atoms with Gasteiger partial charge in [0.15, 0.2) is 5.78 Å². The predicted molar refractivity (Wildman–Crippen MR) is 98.4 cm³/mol. The molecule has 0 bridgehead atoms. The van der Waals surface area contributed by atoms with Crippen molar-refractivity contribution in [2.75, 3.05) is 0 Å². The second-order valence-electron chi connectivity index (χ2n) is 6.04. The molecule has 3 rings (SSSR count). The van der Waals surface area contributed by atoms with Gasteiger partial charge in [-0.05, 0) is 38.5 Å². The Balaban J connectivity index is 2.24. The van der Waals surface area contributed by atoms with Crippen LogP contribution < -0.4 is 0 Å². The maximum atomic E-state index is 13.0. The Morgan fingerprint density at radius 3 is 2.08 bits per heavy atom. The van der Waals surface area contributed by atoms with Crippen molar-refractivity contribution in [3.05, 3.63) is 77.6 Å². The van der Waals surface area contributed by atoms with E-state index in [1.54, 1.807) is 31.2 Å². The van der Waals surface area contributed by atoms with Gasteiger partial charge in [-0.25, -0.2) is 12.4 Å². The Bertz CT molecular complexity index is 1030. The van der Waals surface area contributed by atoms with E-state index in [0.717, 1.165) is 11.1 Å². The van der Waals surface area contributed by atoms with Crippen LogP contribution in [0.4, 0.5) is 0 Å². The van der Waals surface area contributed by atoms with Crippen LogP contribution in [0.1, 0.15) is 28.5 Å². The van der Waals surface area contributed by atoms with Gasteiger partial charge in [-0.2, -0.15) is 0 Å². The smallest absolute Gasteiger partial charge is 0.267 e. The Morgan fingerprint density at radius 2 is 1.52 bits per heavy atom. The van der Waals surface area contributed by atoms with E-state index in [9.17, 15) is 13.2 Å².